The molecule has 2 heteroatoms. The fourth-order valence-corrected chi connectivity index (χ4v) is 1.96. The van der Waals surface area contributed by atoms with Crippen LogP contribution in [0.3, 0.4) is 0 Å². The van der Waals surface area contributed by atoms with E-state index < -0.39 is 0 Å². The van der Waals surface area contributed by atoms with E-state index in [0.717, 1.165) is 5.75 Å². The quantitative estimate of drug-likeness (QED) is 0.823. The maximum absolute atomic E-state index is 6.22. The molecule has 2 rings (SSSR count). The van der Waals surface area contributed by atoms with Crippen LogP contribution in [0.2, 0.25) is 0 Å². The zero-order valence-corrected chi connectivity index (χ0v) is 9.71. The number of nitrogens with two attached hydrogens (primary N) is 1. The lowest BCUT2D eigenvalue weighted by Crippen LogP contribution is -2.14. The standard InChI is InChI=1S/C13H19NO/c1-8-6-11(13(14)10-4-5-10)12(15-3)7-9(8)2/h6-7,10,13H,4-5,14H2,1-3H3. The molecule has 1 aromatic rings. The van der Waals surface area contributed by atoms with Crippen molar-refractivity contribution < 1.29 is 4.74 Å². The van der Waals surface area contributed by atoms with Gasteiger partial charge < -0.3 is 10.5 Å². The molecule has 0 radical (unpaired) electrons. The van der Waals surface area contributed by atoms with Crippen LogP contribution in [0.5, 0.6) is 5.75 Å². The van der Waals surface area contributed by atoms with Crippen LogP contribution in [0.1, 0.15) is 35.6 Å². The molecule has 1 aromatic carbocycles. The smallest absolute Gasteiger partial charge is 0.123 e. The van der Waals surface area contributed by atoms with Crippen molar-refractivity contribution >= 4 is 0 Å². The molecule has 1 aliphatic carbocycles. The molecule has 2 nitrogen and oxygen atoms in total. The summed E-state index contributed by atoms with van der Waals surface area (Å²) >= 11 is 0. The predicted molar refractivity (Wildman–Crippen MR) is 62.1 cm³/mol. The van der Waals surface area contributed by atoms with E-state index in [9.17, 15) is 0 Å². The Morgan fingerprint density at radius 2 is 1.87 bits per heavy atom. The van der Waals surface area contributed by atoms with Crippen LogP contribution in [0.25, 0.3) is 0 Å². The lowest BCUT2D eigenvalue weighted by molar-refractivity contribution is 0.402. The molecular formula is C13H19NO. The van der Waals surface area contributed by atoms with Gasteiger partial charge in [-0.2, -0.15) is 0 Å². The first-order chi connectivity index (χ1) is 7.13. The molecular weight excluding hydrogens is 186 g/mol. The summed E-state index contributed by atoms with van der Waals surface area (Å²) in [6.45, 7) is 4.22. The molecule has 1 atom stereocenters. The zero-order valence-electron chi connectivity index (χ0n) is 9.71. The van der Waals surface area contributed by atoms with Crippen LogP contribution in [-0.2, 0) is 0 Å². The van der Waals surface area contributed by atoms with Gasteiger partial charge in [0.15, 0.2) is 0 Å². The summed E-state index contributed by atoms with van der Waals surface area (Å²) in [5.41, 5.74) is 9.94. The third-order valence-electron chi connectivity index (χ3n) is 3.34. The molecule has 0 aromatic heterocycles. The Bertz CT molecular complexity index is 369. The van der Waals surface area contributed by atoms with E-state index in [1.54, 1.807) is 7.11 Å². The molecule has 1 unspecified atom stereocenters. The first-order valence-electron chi connectivity index (χ1n) is 5.54. The van der Waals surface area contributed by atoms with Crippen molar-refractivity contribution in [3.8, 4) is 5.75 Å². The topological polar surface area (TPSA) is 35.2 Å². The number of rotatable bonds is 3. The summed E-state index contributed by atoms with van der Waals surface area (Å²) in [4.78, 5) is 0. The molecule has 0 amide bonds. The minimum atomic E-state index is 0.152. The van der Waals surface area contributed by atoms with E-state index in [-0.39, 0.29) is 6.04 Å². The molecule has 2 N–H and O–H groups in total. The SMILES string of the molecule is COc1cc(C)c(C)cc1C(N)C1CC1. The second-order valence-corrected chi connectivity index (χ2v) is 4.54. The largest absolute Gasteiger partial charge is 0.496 e. The van der Waals surface area contributed by atoms with E-state index in [0.29, 0.717) is 5.92 Å². The van der Waals surface area contributed by atoms with Crippen molar-refractivity contribution in [3.63, 3.8) is 0 Å². The predicted octanol–water partition coefficient (Wildman–Crippen LogP) is 2.72. The van der Waals surface area contributed by atoms with Gasteiger partial charge in [-0.05, 0) is 49.8 Å². The highest BCUT2D eigenvalue weighted by Crippen LogP contribution is 2.42. The average molecular weight is 205 g/mol. The Labute approximate surface area is 91.4 Å². The van der Waals surface area contributed by atoms with Gasteiger partial charge in [0.25, 0.3) is 0 Å². The number of benzene rings is 1. The second kappa shape index (κ2) is 3.86. The van der Waals surface area contributed by atoms with Crippen LogP contribution in [0.4, 0.5) is 0 Å². The van der Waals surface area contributed by atoms with Gasteiger partial charge in [0, 0.05) is 11.6 Å². The van der Waals surface area contributed by atoms with Gasteiger partial charge in [-0.25, -0.2) is 0 Å². The lowest BCUT2D eigenvalue weighted by atomic mass is 9.97. The Hall–Kier alpha value is -1.02. The molecule has 0 saturated heterocycles. The first kappa shape index (κ1) is 10.5. The summed E-state index contributed by atoms with van der Waals surface area (Å²) in [6.07, 6.45) is 2.52. The third-order valence-corrected chi connectivity index (χ3v) is 3.34. The first-order valence-corrected chi connectivity index (χ1v) is 5.54. The highest BCUT2D eigenvalue weighted by Gasteiger charge is 2.31. The van der Waals surface area contributed by atoms with Crippen molar-refractivity contribution in [3.05, 3.63) is 28.8 Å². The van der Waals surface area contributed by atoms with E-state index >= 15 is 0 Å². The maximum atomic E-state index is 6.22. The van der Waals surface area contributed by atoms with Crippen molar-refractivity contribution in [1.82, 2.24) is 0 Å². The van der Waals surface area contributed by atoms with Crippen LogP contribution in [-0.4, -0.2) is 7.11 Å². The van der Waals surface area contributed by atoms with Crippen LogP contribution in [0.15, 0.2) is 12.1 Å². The fourth-order valence-electron chi connectivity index (χ4n) is 1.96. The number of methoxy groups -OCH3 is 1. The monoisotopic (exact) mass is 205 g/mol. The fraction of sp³-hybridized carbons (Fsp3) is 0.538. The summed E-state index contributed by atoms with van der Waals surface area (Å²) in [7, 11) is 1.72. The molecule has 1 saturated carbocycles. The Kier molecular flexibility index (Phi) is 2.70. The highest BCUT2D eigenvalue weighted by molar-refractivity contribution is 5.44. The molecule has 0 heterocycles. The molecule has 0 spiro atoms. The second-order valence-electron chi connectivity index (χ2n) is 4.54. The average Bonchev–Trinajstić information content (AvgIpc) is 3.04. The Morgan fingerprint density at radius 1 is 1.27 bits per heavy atom. The molecule has 1 aliphatic rings. The van der Waals surface area contributed by atoms with Crippen molar-refractivity contribution in [2.75, 3.05) is 7.11 Å². The van der Waals surface area contributed by atoms with E-state index in [4.69, 9.17) is 10.5 Å². The number of aryl methyl sites for hydroxylation is 2. The molecule has 0 aliphatic heterocycles. The summed E-state index contributed by atoms with van der Waals surface area (Å²) in [5.74, 6) is 1.61. The number of hydrogen-bond acceptors (Lipinski definition) is 2. The molecule has 15 heavy (non-hydrogen) atoms. The van der Waals surface area contributed by atoms with E-state index in [1.807, 2.05) is 0 Å². The Balaban J connectivity index is 2.39. The van der Waals surface area contributed by atoms with Gasteiger partial charge >= 0.3 is 0 Å². The van der Waals surface area contributed by atoms with E-state index in [1.165, 1.54) is 29.5 Å². The number of ether oxygens (including phenoxy) is 1. The minimum absolute atomic E-state index is 0.152. The van der Waals surface area contributed by atoms with Gasteiger partial charge in [-0.1, -0.05) is 6.07 Å². The van der Waals surface area contributed by atoms with Gasteiger partial charge in [-0.15, -0.1) is 0 Å². The van der Waals surface area contributed by atoms with Gasteiger partial charge in [-0.3, -0.25) is 0 Å². The van der Waals surface area contributed by atoms with Crippen LogP contribution >= 0.6 is 0 Å². The number of hydrogen-bond donors (Lipinski definition) is 1. The molecule has 1 fully saturated rings. The molecule has 0 bridgehead atoms. The summed E-state index contributed by atoms with van der Waals surface area (Å²) in [5, 5.41) is 0. The summed E-state index contributed by atoms with van der Waals surface area (Å²) in [6, 6.07) is 4.42. The minimum Gasteiger partial charge on any atom is -0.496 e. The van der Waals surface area contributed by atoms with Crippen LogP contribution < -0.4 is 10.5 Å². The molecule has 82 valence electrons. The van der Waals surface area contributed by atoms with Crippen molar-refractivity contribution in [2.24, 2.45) is 11.7 Å². The lowest BCUT2D eigenvalue weighted by Gasteiger charge is -2.17. The van der Waals surface area contributed by atoms with Gasteiger partial charge in [0.2, 0.25) is 0 Å². The Morgan fingerprint density at radius 3 is 2.40 bits per heavy atom. The van der Waals surface area contributed by atoms with Crippen molar-refractivity contribution in [1.29, 1.82) is 0 Å². The normalized spacial score (nSPS) is 17.6. The van der Waals surface area contributed by atoms with Crippen molar-refractivity contribution in [2.45, 2.75) is 32.7 Å². The zero-order chi connectivity index (χ0) is 11.0. The summed E-state index contributed by atoms with van der Waals surface area (Å²) < 4.78 is 5.40. The third kappa shape index (κ3) is 2.00. The van der Waals surface area contributed by atoms with Gasteiger partial charge in [0.05, 0.1) is 7.11 Å². The van der Waals surface area contributed by atoms with E-state index in [2.05, 4.69) is 26.0 Å². The highest BCUT2D eigenvalue weighted by atomic mass is 16.5. The van der Waals surface area contributed by atoms with Crippen LogP contribution in [0, 0.1) is 19.8 Å². The van der Waals surface area contributed by atoms with Gasteiger partial charge in [0.1, 0.15) is 5.75 Å². The maximum Gasteiger partial charge on any atom is 0.123 e.